The van der Waals surface area contributed by atoms with Crippen molar-refractivity contribution in [1.29, 1.82) is 0 Å². The lowest BCUT2D eigenvalue weighted by molar-refractivity contribution is 0.0708. The third-order valence-corrected chi connectivity index (χ3v) is 1.87. The smallest absolute Gasteiger partial charge is 0.156 e. The fraction of sp³-hybridized carbons (Fsp3) is 0.500. The Hall–Kier alpha value is -0.190. The van der Waals surface area contributed by atoms with Crippen LogP contribution in [0.3, 0.4) is 0 Å². The number of hydrogen-bond donors (Lipinski definition) is 0. The van der Waals surface area contributed by atoms with Crippen molar-refractivity contribution in [3.63, 3.8) is 0 Å². The van der Waals surface area contributed by atoms with Crippen LogP contribution in [0.4, 0.5) is 0 Å². The van der Waals surface area contributed by atoms with Crippen LogP contribution in [0.5, 0.6) is 0 Å². The second kappa shape index (κ2) is 4.64. The first kappa shape index (κ1) is 8.90. The second-order valence-electron chi connectivity index (χ2n) is 2.17. The summed E-state index contributed by atoms with van der Waals surface area (Å²) in [4.78, 5) is 0. The van der Waals surface area contributed by atoms with Crippen LogP contribution in [0, 0.1) is 0 Å². The summed E-state index contributed by atoms with van der Waals surface area (Å²) in [5.41, 5.74) is 0. The summed E-state index contributed by atoms with van der Waals surface area (Å²) in [6.45, 7) is 3.26. The van der Waals surface area contributed by atoms with Crippen LogP contribution in [-0.2, 0) is 9.47 Å². The maximum atomic E-state index is 5.36. The number of allylic oxidation sites excluding steroid dienone is 3. The maximum absolute atomic E-state index is 5.36. The lowest BCUT2D eigenvalue weighted by Gasteiger charge is -2.17. The van der Waals surface area contributed by atoms with Crippen LogP contribution in [0.15, 0.2) is 23.7 Å². The summed E-state index contributed by atoms with van der Waals surface area (Å²) in [6, 6.07) is 0. The summed E-state index contributed by atoms with van der Waals surface area (Å²) in [7, 11) is 0. The van der Waals surface area contributed by atoms with Crippen molar-refractivity contribution in [1.82, 2.24) is 0 Å². The van der Waals surface area contributed by atoms with Crippen molar-refractivity contribution in [3.8, 4) is 0 Å². The quantitative estimate of drug-likeness (QED) is 0.563. The van der Waals surface area contributed by atoms with Crippen LogP contribution in [0.2, 0.25) is 0 Å². The van der Waals surface area contributed by atoms with Gasteiger partial charge in [0.2, 0.25) is 0 Å². The molecule has 0 atom stereocenters. The highest BCUT2D eigenvalue weighted by molar-refractivity contribution is 14.1. The molecule has 11 heavy (non-hydrogen) atoms. The van der Waals surface area contributed by atoms with Crippen molar-refractivity contribution in [2.45, 2.75) is 6.92 Å². The van der Waals surface area contributed by atoms with Crippen LogP contribution < -0.4 is 0 Å². The molecule has 0 aromatic heterocycles. The molecule has 1 rings (SSSR count). The third-order valence-electron chi connectivity index (χ3n) is 1.36. The first-order valence-corrected chi connectivity index (χ1v) is 5.06. The van der Waals surface area contributed by atoms with Gasteiger partial charge in [-0.05, 0) is 13.0 Å². The Bertz CT molecular complexity index is 185. The molecule has 0 aliphatic carbocycles. The van der Waals surface area contributed by atoms with Gasteiger partial charge in [0.1, 0.15) is 19.0 Å². The van der Waals surface area contributed by atoms with Gasteiger partial charge in [0.05, 0.1) is 0 Å². The van der Waals surface area contributed by atoms with E-state index >= 15 is 0 Å². The Balaban J connectivity index is 2.59. The molecule has 0 radical (unpaired) electrons. The standard InChI is InChI=1S/C8H11IO2/c1-7-8(3-2-4-9)11-6-5-10-7/h2-3H,4-6H2,1H3/b3-2-. The summed E-state index contributed by atoms with van der Waals surface area (Å²) in [6.07, 6.45) is 4.01. The van der Waals surface area contributed by atoms with Gasteiger partial charge in [0.15, 0.2) is 5.76 Å². The van der Waals surface area contributed by atoms with Gasteiger partial charge >= 0.3 is 0 Å². The topological polar surface area (TPSA) is 18.5 Å². The second-order valence-corrected chi connectivity index (χ2v) is 3.05. The van der Waals surface area contributed by atoms with Crippen LogP contribution >= 0.6 is 22.6 Å². The number of hydrogen-bond acceptors (Lipinski definition) is 2. The minimum atomic E-state index is 0.665. The van der Waals surface area contributed by atoms with Crippen molar-refractivity contribution in [3.05, 3.63) is 23.7 Å². The van der Waals surface area contributed by atoms with Gasteiger partial charge in [-0.25, -0.2) is 0 Å². The highest BCUT2D eigenvalue weighted by Gasteiger charge is 2.06. The molecule has 1 aliphatic heterocycles. The van der Waals surface area contributed by atoms with Gasteiger partial charge in [-0.3, -0.25) is 0 Å². The number of ether oxygens (including phenoxy) is 2. The highest BCUT2D eigenvalue weighted by atomic mass is 127. The number of halogens is 1. The van der Waals surface area contributed by atoms with E-state index in [4.69, 9.17) is 9.47 Å². The van der Waals surface area contributed by atoms with E-state index in [1.165, 1.54) is 0 Å². The molecule has 0 fully saturated rings. The van der Waals surface area contributed by atoms with E-state index in [2.05, 4.69) is 22.6 Å². The molecular weight excluding hydrogens is 255 g/mol. The predicted molar refractivity (Wildman–Crippen MR) is 52.6 cm³/mol. The Kier molecular flexibility index (Phi) is 3.76. The van der Waals surface area contributed by atoms with E-state index < -0.39 is 0 Å². The summed E-state index contributed by atoms with van der Waals surface area (Å²) in [5.74, 6) is 1.75. The van der Waals surface area contributed by atoms with Crippen LogP contribution in [0.25, 0.3) is 0 Å². The van der Waals surface area contributed by atoms with Crippen molar-refractivity contribution >= 4 is 22.6 Å². The molecule has 1 heterocycles. The van der Waals surface area contributed by atoms with Gasteiger partial charge in [0.25, 0.3) is 0 Å². The van der Waals surface area contributed by atoms with E-state index in [0.717, 1.165) is 15.9 Å². The molecule has 0 amide bonds. The van der Waals surface area contributed by atoms with Gasteiger partial charge in [-0.2, -0.15) is 0 Å². The summed E-state index contributed by atoms with van der Waals surface area (Å²) >= 11 is 2.28. The molecule has 0 unspecified atom stereocenters. The SMILES string of the molecule is CC1=C(/C=C\CI)OCCO1. The molecule has 0 N–H and O–H groups in total. The molecule has 1 aliphatic rings. The Labute approximate surface area is 80.4 Å². The monoisotopic (exact) mass is 266 g/mol. The van der Waals surface area contributed by atoms with Crippen LogP contribution in [0.1, 0.15) is 6.92 Å². The predicted octanol–water partition coefficient (Wildman–Crippen LogP) is 2.26. The minimum Gasteiger partial charge on any atom is -0.491 e. The Morgan fingerprint density at radius 3 is 2.82 bits per heavy atom. The Morgan fingerprint density at radius 1 is 1.45 bits per heavy atom. The van der Waals surface area contributed by atoms with E-state index in [-0.39, 0.29) is 0 Å². The lowest BCUT2D eigenvalue weighted by Crippen LogP contribution is -2.11. The van der Waals surface area contributed by atoms with Crippen molar-refractivity contribution in [2.24, 2.45) is 0 Å². The Morgan fingerprint density at radius 2 is 2.18 bits per heavy atom. The molecule has 0 bridgehead atoms. The first-order valence-electron chi connectivity index (χ1n) is 3.53. The van der Waals surface area contributed by atoms with E-state index in [1.54, 1.807) is 0 Å². The normalized spacial score (nSPS) is 18.4. The molecule has 0 saturated carbocycles. The van der Waals surface area contributed by atoms with E-state index in [0.29, 0.717) is 13.2 Å². The molecule has 0 spiro atoms. The zero-order valence-electron chi connectivity index (χ0n) is 6.47. The van der Waals surface area contributed by atoms with Gasteiger partial charge in [-0.15, -0.1) is 0 Å². The number of rotatable bonds is 2. The fourth-order valence-corrected chi connectivity index (χ4v) is 1.09. The number of alkyl halides is 1. The van der Waals surface area contributed by atoms with Gasteiger partial charge < -0.3 is 9.47 Å². The van der Waals surface area contributed by atoms with Gasteiger partial charge in [-0.1, -0.05) is 28.7 Å². The molecule has 0 aromatic rings. The largest absolute Gasteiger partial charge is 0.491 e. The fourth-order valence-electron chi connectivity index (χ4n) is 0.836. The van der Waals surface area contributed by atoms with Crippen LogP contribution in [-0.4, -0.2) is 17.6 Å². The molecule has 62 valence electrons. The van der Waals surface area contributed by atoms with E-state index in [9.17, 15) is 0 Å². The van der Waals surface area contributed by atoms with E-state index in [1.807, 2.05) is 19.1 Å². The molecule has 3 heteroatoms. The summed E-state index contributed by atoms with van der Waals surface area (Å²) < 4.78 is 11.6. The average Bonchev–Trinajstić information content (AvgIpc) is 2.03. The first-order chi connectivity index (χ1) is 5.34. The van der Waals surface area contributed by atoms with Crippen molar-refractivity contribution in [2.75, 3.05) is 17.6 Å². The summed E-state index contributed by atoms with van der Waals surface area (Å²) in [5, 5.41) is 0. The molecule has 0 saturated heterocycles. The maximum Gasteiger partial charge on any atom is 0.156 e. The molecular formula is C8H11IO2. The minimum absolute atomic E-state index is 0.665. The van der Waals surface area contributed by atoms with Crippen molar-refractivity contribution < 1.29 is 9.47 Å². The zero-order valence-corrected chi connectivity index (χ0v) is 8.63. The molecule has 2 nitrogen and oxygen atoms in total. The lowest BCUT2D eigenvalue weighted by atomic mass is 10.3. The average molecular weight is 266 g/mol. The van der Waals surface area contributed by atoms with Gasteiger partial charge in [0, 0.05) is 4.43 Å². The zero-order chi connectivity index (χ0) is 8.10. The third kappa shape index (κ3) is 2.73. The molecule has 0 aromatic carbocycles. The highest BCUT2D eigenvalue weighted by Crippen LogP contribution is 2.13.